The molecule has 0 atom stereocenters. The van der Waals surface area contributed by atoms with Crippen molar-refractivity contribution < 1.29 is 9.59 Å². The van der Waals surface area contributed by atoms with Crippen LogP contribution in [0.15, 0.2) is 42.5 Å². The van der Waals surface area contributed by atoms with E-state index in [9.17, 15) is 9.59 Å². The quantitative estimate of drug-likeness (QED) is 0.796. The molecule has 2 amide bonds. The molecule has 0 saturated carbocycles. The summed E-state index contributed by atoms with van der Waals surface area (Å²) in [6, 6.07) is 12.9. The fourth-order valence-electron chi connectivity index (χ4n) is 3.08. The van der Waals surface area contributed by atoms with Crippen molar-refractivity contribution in [2.24, 2.45) is 0 Å². The van der Waals surface area contributed by atoms with Crippen LogP contribution < -0.4 is 9.80 Å². The van der Waals surface area contributed by atoms with Crippen molar-refractivity contribution in [2.75, 3.05) is 22.9 Å². The van der Waals surface area contributed by atoms with Crippen LogP contribution in [0.5, 0.6) is 0 Å². The maximum atomic E-state index is 12.6. The lowest BCUT2D eigenvalue weighted by Gasteiger charge is -2.24. The van der Waals surface area contributed by atoms with Crippen molar-refractivity contribution in [3.8, 4) is 0 Å². The molecule has 0 bridgehead atoms. The van der Waals surface area contributed by atoms with Crippen LogP contribution in [0.25, 0.3) is 0 Å². The first-order chi connectivity index (χ1) is 12.0. The molecule has 0 aromatic heterocycles. The number of hydrogen-bond acceptors (Lipinski definition) is 2. The molecule has 2 aromatic rings. The average Bonchev–Trinajstić information content (AvgIpc) is 3.01. The van der Waals surface area contributed by atoms with E-state index >= 15 is 0 Å². The summed E-state index contributed by atoms with van der Waals surface area (Å²) in [5.74, 6) is -0.187. The largest absolute Gasteiger partial charge is 0.312 e. The second-order valence-electron chi connectivity index (χ2n) is 5.94. The number of para-hydroxylation sites is 1. The molecule has 0 unspecified atom stereocenters. The number of rotatable bonds is 4. The maximum Gasteiger partial charge on any atom is 0.228 e. The molecule has 6 heteroatoms. The molecule has 130 valence electrons. The molecule has 2 aromatic carbocycles. The smallest absolute Gasteiger partial charge is 0.228 e. The minimum Gasteiger partial charge on any atom is -0.312 e. The van der Waals surface area contributed by atoms with Gasteiger partial charge in [0.25, 0.3) is 0 Å². The average molecular weight is 377 g/mol. The summed E-state index contributed by atoms with van der Waals surface area (Å²) in [6.45, 7) is 2.38. The molecule has 25 heavy (non-hydrogen) atoms. The Balaban J connectivity index is 1.73. The summed E-state index contributed by atoms with van der Waals surface area (Å²) in [5.41, 5.74) is 2.66. The van der Waals surface area contributed by atoms with Crippen LogP contribution in [0.3, 0.4) is 0 Å². The summed E-state index contributed by atoms with van der Waals surface area (Å²) in [6.07, 6.45) is 1.08. The number of halogens is 2. The second-order valence-corrected chi connectivity index (χ2v) is 6.78. The lowest BCUT2D eigenvalue weighted by Crippen LogP contribution is -2.35. The molecular weight excluding hydrogens is 359 g/mol. The third kappa shape index (κ3) is 3.80. The summed E-state index contributed by atoms with van der Waals surface area (Å²) in [4.78, 5) is 28.0. The highest BCUT2D eigenvalue weighted by Gasteiger charge is 2.25. The first-order valence-corrected chi connectivity index (χ1v) is 8.84. The van der Waals surface area contributed by atoms with Crippen LogP contribution in [0.4, 0.5) is 11.4 Å². The van der Waals surface area contributed by atoms with E-state index in [1.165, 1.54) is 17.4 Å². The van der Waals surface area contributed by atoms with Crippen LogP contribution in [-0.4, -0.2) is 24.9 Å². The molecule has 1 heterocycles. The number of nitrogens with zero attached hydrogens (tertiary/aromatic N) is 2. The van der Waals surface area contributed by atoms with Gasteiger partial charge in [0, 0.05) is 37.1 Å². The van der Waals surface area contributed by atoms with Crippen molar-refractivity contribution in [1.82, 2.24) is 0 Å². The molecule has 1 aliphatic rings. The summed E-state index contributed by atoms with van der Waals surface area (Å²) in [5, 5.41) is 0.920. The van der Waals surface area contributed by atoms with Gasteiger partial charge in [0.15, 0.2) is 0 Å². The molecule has 0 saturated heterocycles. The van der Waals surface area contributed by atoms with E-state index in [-0.39, 0.29) is 24.8 Å². The third-order valence-corrected chi connectivity index (χ3v) is 4.87. The van der Waals surface area contributed by atoms with E-state index in [0.29, 0.717) is 22.3 Å². The van der Waals surface area contributed by atoms with E-state index in [4.69, 9.17) is 23.2 Å². The van der Waals surface area contributed by atoms with Gasteiger partial charge in [-0.15, -0.1) is 0 Å². The predicted molar refractivity (Wildman–Crippen MR) is 102 cm³/mol. The van der Waals surface area contributed by atoms with E-state index in [1.807, 2.05) is 24.3 Å². The van der Waals surface area contributed by atoms with Crippen LogP contribution in [-0.2, 0) is 16.0 Å². The van der Waals surface area contributed by atoms with Gasteiger partial charge in [-0.3, -0.25) is 9.59 Å². The van der Waals surface area contributed by atoms with Crippen molar-refractivity contribution >= 4 is 46.4 Å². The zero-order valence-electron chi connectivity index (χ0n) is 13.8. The standard InChI is InChI=1S/C19H18Cl2N2O2/c1-13(24)22(18-12-15(20)6-7-16(18)21)11-9-19(25)23-10-8-14-4-2-3-5-17(14)23/h2-7,12H,8-11H2,1H3. The fraction of sp³-hybridized carbons (Fsp3) is 0.263. The summed E-state index contributed by atoms with van der Waals surface area (Å²) >= 11 is 12.2. The fourth-order valence-corrected chi connectivity index (χ4v) is 3.47. The van der Waals surface area contributed by atoms with Crippen molar-refractivity contribution in [3.05, 3.63) is 58.1 Å². The Morgan fingerprint density at radius 2 is 1.92 bits per heavy atom. The third-order valence-electron chi connectivity index (χ3n) is 4.32. The van der Waals surface area contributed by atoms with Gasteiger partial charge >= 0.3 is 0 Å². The molecule has 1 aliphatic heterocycles. The van der Waals surface area contributed by atoms with E-state index in [0.717, 1.165) is 12.1 Å². The lowest BCUT2D eigenvalue weighted by atomic mass is 10.2. The Morgan fingerprint density at radius 1 is 1.16 bits per heavy atom. The topological polar surface area (TPSA) is 40.6 Å². The first kappa shape index (κ1) is 17.8. The molecular formula is C19H18Cl2N2O2. The lowest BCUT2D eigenvalue weighted by molar-refractivity contribution is -0.118. The number of anilines is 2. The molecule has 4 nitrogen and oxygen atoms in total. The van der Waals surface area contributed by atoms with Gasteiger partial charge in [0.05, 0.1) is 10.7 Å². The molecule has 3 rings (SSSR count). The molecule has 0 N–H and O–H groups in total. The van der Waals surface area contributed by atoms with E-state index in [1.54, 1.807) is 23.1 Å². The summed E-state index contributed by atoms with van der Waals surface area (Å²) < 4.78 is 0. The van der Waals surface area contributed by atoms with Crippen LogP contribution in [0.2, 0.25) is 10.0 Å². The van der Waals surface area contributed by atoms with Gasteiger partial charge in [0.2, 0.25) is 11.8 Å². The Morgan fingerprint density at radius 3 is 2.68 bits per heavy atom. The minimum absolute atomic E-state index is 0.00523. The first-order valence-electron chi connectivity index (χ1n) is 8.09. The Hall–Kier alpha value is -2.04. The van der Waals surface area contributed by atoms with E-state index in [2.05, 4.69) is 0 Å². The highest BCUT2D eigenvalue weighted by atomic mass is 35.5. The normalized spacial score (nSPS) is 12.8. The Labute approximate surface area is 156 Å². The number of carbonyl (C=O) groups excluding carboxylic acids is 2. The molecule has 0 spiro atoms. The Kier molecular flexibility index (Phi) is 5.30. The van der Waals surface area contributed by atoms with Crippen LogP contribution >= 0.6 is 23.2 Å². The molecule has 0 aliphatic carbocycles. The number of amides is 2. The number of fused-ring (bicyclic) bond motifs is 1. The van der Waals surface area contributed by atoms with Crippen molar-refractivity contribution in [2.45, 2.75) is 19.8 Å². The predicted octanol–water partition coefficient (Wildman–Crippen LogP) is 4.33. The van der Waals surface area contributed by atoms with Crippen LogP contribution in [0.1, 0.15) is 18.9 Å². The zero-order valence-corrected chi connectivity index (χ0v) is 15.3. The van der Waals surface area contributed by atoms with Gasteiger partial charge in [-0.25, -0.2) is 0 Å². The second kappa shape index (κ2) is 7.46. The molecule has 0 radical (unpaired) electrons. The SMILES string of the molecule is CC(=O)N(CCC(=O)N1CCc2ccccc21)c1cc(Cl)ccc1Cl. The van der Waals surface area contributed by atoms with Gasteiger partial charge in [-0.05, 0) is 36.2 Å². The van der Waals surface area contributed by atoms with E-state index < -0.39 is 0 Å². The minimum atomic E-state index is -0.182. The van der Waals surface area contributed by atoms with Gasteiger partial charge in [0.1, 0.15) is 0 Å². The van der Waals surface area contributed by atoms with Gasteiger partial charge < -0.3 is 9.80 Å². The van der Waals surface area contributed by atoms with Crippen LogP contribution in [0, 0.1) is 0 Å². The van der Waals surface area contributed by atoms with Crippen molar-refractivity contribution in [3.63, 3.8) is 0 Å². The number of carbonyl (C=O) groups is 2. The highest BCUT2D eigenvalue weighted by molar-refractivity contribution is 6.35. The monoisotopic (exact) mass is 376 g/mol. The van der Waals surface area contributed by atoms with Gasteiger partial charge in [-0.2, -0.15) is 0 Å². The van der Waals surface area contributed by atoms with Crippen molar-refractivity contribution in [1.29, 1.82) is 0 Å². The Bertz CT molecular complexity index is 823. The zero-order chi connectivity index (χ0) is 18.0. The maximum absolute atomic E-state index is 12.6. The van der Waals surface area contributed by atoms with Gasteiger partial charge in [-0.1, -0.05) is 41.4 Å². The highest BCUT2D eigenvalue weighted by Crippen LogP contribution is 2.30. The molecule has 0 fully saturated rings. The number of benzene rings is 2. The number of hydrogen-bond donors (Lipinski definition) is 0. The summed E-state index contributed by atoms with van der Waals surface area (Å²) in [7, 11) is 0.